The van der Waals surface area contributed by atoms with E-state index in [0.717, 1.165) is 11.3 Å². The van der Waals surface area contributed by atoms with Gasteiger partial charge in [-0.05, 0) is 48.0 Å². The molecule has 2 aliphatic heterocycles. The van der Waals surface area contributed by atoms with Crippen LogP contribution in [0.1, 0.15) is 5.56 Å². The van der Waals surface area contributed by atoms with E-state index in [1.807, 2.05) is 24.3 Å². The Kier molecular flexibility index (Phi) is 4.41. The molecule has 0 radical (unpaired) electrons. The third-order valence-electron chi connectivity index (χ3n) is 3.74. The van der Waals surface area contributed by atoms with E-state index in [4.69, 9.17) is 33.3 Å². The van der Waals surface area contributed by atoms with Crippen LogP contribution < -0.4 is 14.4 Å². The lowest BCUT2D eigenvalue weighted by atomic mass is 10.1. The Balaban J connectivity index is 1.63. The summed E-state index contributed by atoms with van der Waals surface area (Å²) in [6.45, 7) is 1.07. The van der Waals surface area contributed by atoms with Crippen LogP contribution in [-0.2, 0) is 4.79 Å². The Bertz CT molecular complexity index is 896. The molecule has 4 rings (SSSR count). The Hall–Kier alpha value is -2.02. The Morgan fingerprint density at radius 1 is 1.08 bits per heavy atom. The first kappa shape index (κ1) is 16.4. The second kappa shape index (κ2) is 6.71. The summed E-state index contributed by atoms with van der Waals surface area (Å²) in [5, 5.41) is 0.612. The van der Waals surface area contributed by atoms with Gasteiger partial charge in [-0.2, -0.15) is 0 Å². The highest BCUT2D eigenvalue weighted by atomic mass is 35.5. The summed E-state index contributed by atoms with van der Waals surface area (Å²) >= 11 is 12.6. The molecule has 0 spiro atoms. The van der Waals surface area contributed by atoms with E-state index >= 15 is 0 Å². The van der Waals surface area contributed by atoms with E-state index in [-0.39, 0.29) is 5.91 Å². The highest BCUT2D eigenvalue weighted by Gasteiger charge is 2.33. The Morgan fingerprint density at radius 2 is 1.80 bits per heavy atom. The fourth-order valence-corrected chi connectivity index (χ4v) is 4.01. The minimum Gasteiger partial charge on any atom is -0.486 e. The molecule has 25 heavy (non-hydrogen) atoms. The van der Waals surface area contributed by atoms with Crippen LogP contribution >= 0.6 is 35.6 Å². The first-order valence-electron chi connectivity index (χ1n) is 7.55. The average Bonchev–Trinajstić information content (AvgIpc) is 2.89. The predicted molar refractivity (Wildman–Crippen MR) is 105 cm³/mol. The van der Waals surface area contributed by atoms with Gasteiger partial charge in [0.15, 0.2) is 15.8 Å². The molecule has 0 atom stereocenters. The molecule has 0 saturated carbocycles. The number of rotatable bonds is 2. The first-order chi connectivity index (χ1) is 12.1. The highest BCUT2D eigenvalue weighted by Crippen LogP contribution is 2.37. The molecular formula is C18H12ClNO3S2. The molecule has 0 bridgehead atoms. The van der Waals surface area contributed by atoms with Gasteiger partial charge < -0.3 is 9.47 Å². The highest BCUT2D eigenvalue weighted by molar-refractivity contribution is 8.27. The van der Waals surface area contributed by atoms with Crippen molar-refractivity contribution in [3.8, 4) is 11.5 Å². The molecule has 0 unspecified atom stereocenters. The van der Waals surface area contributed by atoms with Crippen molar-refractivity contribution in [1.82, 2.24) is 0 Å². The molecule has 126 valence electrons. The number of hydrogen-bond donors (Lipinski definition) is 0. The van der Waals surface area contributed by atoms with Gasteiger partial charge in [0, 0.05) is 5.02 Å². The predicted octanol–water partition coefficient (Wildman–Crippen LogP) is 4.52. The monoisotopic (exact) mass is 389 g/mol. The van der Waals surface area contributed by atoms with Crippen molar-refractivity contribution in [3.63, 3.8) is 0 Å². The molecule has 2 aliphatic rings. The number of ether oxygens (including phenoxy) is 2. The van der Waals surface area contributed by atoms with Gasteiger partial charge in [-0.25, -0.2) is 0 Å². The SMILES string of the molecule is O=C1/C(=C\c2ccc3c(c2)OCCO3)SC(=S)N1c1ccc(Cl)cc1. The molecule has 4 nitrogen and oxygen atoms in total. The summed E-state index contributed by atoms with van der Waals surface area (Å²) in [6, 6.07) is 12.6. The van der Waals surface area contributed by atoms with Crippen LogP contribution in [0.4, 0.5) is 5.69 Å². The van der Waals surface area contributed by atoms with Gasteiger partial charge >= 0.3 is 0 Å². The van der Waals surface area contributed by atoms with E-state index in [1.165, 1.54) is 16.7 Å². The maximum absolute atomic E-state index is 12.8. The normalized spacial score (nSPS) is 18.1. The summed E-state index contributed by atoms with van der Waals surface area (Å²) in [6.07, 6.45) is 1.81. The molecule has 0 N–H and O–H groups in total. The fraction of sp³-hybridized carbons (Fsp3) is 0.111. The van der Waals surface area contributed by atoms with Crippen molar-refractivity contribution < 1.29 is 14.3 Å². The van der Waals surface area contributed by atoms with Gasteiger partial charge in [0.1, 0.15) is 13.2 Å². The zero-order valence-electron chi connectivity index (χ0n) is 12.9. The topological polar surface area (TPSA) is 38.8 Å². The van der Waals surface area contributed by atoms with Crippen LogP contribution in [0.3, 0.4) is 0 Å². The van der Waals surface area contributed by atoms with Crippen LogP contribution in [0.15, 0.2) is 47.4 Å². The number of thioether (sulfide) groups is 1. The molecule has 2 aromatic rings. The number of carbonyl (C=O) groups is 1. The van der Waals surface area contributed by atoms with Crippen molar-refractivity contribution >= 4 is 57.6 Å². The van der Waals surface area contributed by atoms with Crippen molar-refractivity contribution in [2.75, 3.05) is 18.1 Å². The number of amides is 1. The Morgan fingerprint density at radius 3 is 2.56 bits per heavy atom. The third kappa shape index (κ3) is 3.25. The van der Waals surface area contributed by atoms with Gasteiger partial charge in [0.05, 0.1) is 10.6 Å². The summed E-state index contributed by atoms with van der Waals surface area (Å²) in [4.78, 5) is 14.8. The maximum atomic E-state index is 12.8. The van der Waals surface area contributed by atoms with E-state index in [9.17, 15) is 4.79 Å². The lowest BCUT2D eigenvalue weighted by molar-refractivity contribution is -0.113. The van der Waals surface area contributed by atoms with Crippen molar-refractivity contribution in [1.29, 1.82) is 0 Å². The molecule has 1 fully saturated rings. The zero-order chi connectivity index (χ0) is 17.4. The summed E-state index contributed by atoms with van der Waals surface area (Å²) in [5.41, 5.74) is 1.57. The van der Waals surface area contributed by atoms with Gasteiger partial charge in [-0.15, -0.1) is 0 Å². The molecule has 0 aromatic heterocycles. The van der Waals surface area contributed by atoms with E-state index in [2.05, 4.69) is 0 Å². The first-order valence-corrected chi connectivity index (χ1v) is 9.15. The van der Waals surface area contributed by atoms with Crippen molar-refractivity contribution in [2.24, 2.45) is 0 Å². The van der Waals surface area contributed by atoms with Gasteiger partial charge in [-0.1, -0.05) is 41.6 Å². The second-order valence-corrected chi connectivity index (χ2v) is 7.51. The third-order valence-corrected chi connectivity index (χ3v) is 5.30. The number of fused-ring (bicyclic) bond motifs is 1. The molecular weight excluding hydrogens is 378 g/mol. The molecule has 1 amide bonds. The zero-order valence-corrected chi connectivity index (χ0v) is 15.3. The smallest absolute Gasteiger partial charge is 0.270 e. The number of halogens is 1. The fourth-order valence-electron chi connectivity index (χ4n) is 2.58. The number of benzene rings is 2. The molecule has 0 aliphatic carbocycles. The number of thiocarbonyl (C=S) groups is 1. The minimum atomic E-state index is -0.146. The van der Waals surface area contributed by atoms with Crippen LogP contribution in [0, 0.1) is 0 Å². The quantitative estimate of drug-likeness (QED) is 0.558. The van der Waals surface area contributed by atoms with Crippen molar-refractivity contribution in [3.05, 3.63) is 58.0 Å². The van der Waals surface area contributed by atoms with Crippen LogP contribution in [0.2, 0.25) is 5.02 Å². The van der Waals surface area contributed by atoms with E-state index in [1.54, 1.807) is 24.3 Å². The largest absolute Gasteiger partial charge is 0.486 e. The second-order valence-electron chi connectivity index (χ2n) is 5.40. The van der Waals surface area contributed by atoms with Crippen LogP contribution in [-0.4, -0.2) is 23.4 Å². The summed E-state index contributed by atoms with van der Waals surface area (Å²) < 4.78 is 11.6. The Labute approximate surface area is 159 Å². The maximum Gasteiger partial charge on any atom is 0.270 e. The van der Waals surface area contributed by atoms with Crippen molar-refractivity contribution in [2.45, 2.75) is 0 Å². The lowest BCUT2D eigenvalue weighted by Gasteiger charge is -2.18. The van der Waals surface area contributed by atoms with Gasteiger partial charge in [0.25, 0.3) is 5.91 Å². The average molecular weight is 390 g/mol. The molecule has 2 aromatic carbocycles. The molecule has 7 heteroatoms. The summed E-state index contributed by atoms with van der Waals surface area (Å²) in [7, 11) is 0. The van der Waals surface area contributed by atoms with Gasteiger partial charge in [0.2, 0.25) is 0 Å². The number of anilines is 1. The van der Waals surface area contributed by atoms with E-state index < -0.39 is 0 Å². The molecule has 2 heterocycles. The standard InChI is InChI=1S/C18H12ClNO3S2/c19-12-2-4-13(5-3-12)20-17(21)16(25-18(20)24)10-11-1-6-14-15(9-11)23-8-7-22-14/h1-6,9-10H,7-8H2/b16-10+. The number of carbonyl (C=O) groups excluding carboxylic acids is 1. The van der Waals surface area contributed by atoms with Gasteiger partial charge in [-0.3, -0.25) is 9.69 Å². The van der Waals surface area contributed by atoms with Crippen LogP contribution in [0.25, 0.3) is 6.08 Å². The number of hydrogen-bond acceptors (Lipinski definition) is 5. The molecule has 1 saturated heterocycles. The van der Waals surface area contributed by atoms with E-state index in [0.29, 0.717) is 38.9 Å². The minimum absolute atomic E-state index is 0.146. The van der Waals surface area contributed by atoms with Crippen LogP contribution in [0.5, 0.6) is 11.5 Å². The lowest BCUT2D eigenvalue weighted by Crippen LogP contribution is -2.27. The number of nitrogens with zero attached hydrogens (tertiary/aromatic N) is 1. The summed E-state index contributed by atoms with van der Waals surface area (Å²) in [5.74, 6) is 1.26.